The number of aromatic nitrogens is 5. The van der Waals surface area contributed by atoms with Crippen molar-refractivity contribution in [2.45, 2.75) is 108 Å². The van der Waals surface area contributed by atoms with Gasteiger partial charge in [0.05, 0.1) is 30.2 Å². The van der Waals surface area contributed by atoms with Gasteiger partial charge in [0.1, 0.15) is 5.60 Å². The summed E-state index contributed by atoms with van der Waals surface area (Å²) in [5.41, 5.74) is 0.743. The number of carbonyl (C=O) groups excluding carboxylic acids is 2. The maximum absolute atomic E-state index is 14.1. The van der Waals surface area contributed by atoms with Crippen LogP contribution in [0.5, 0.6) is 5.88 Å². The van der Waals surface area contributed by atoms with Gasteiger partial charge in [-0.05, 0) is 86.2 Å². The molecular formula is C30H37F4N7O4. The molecule has 0 spiro atoms. The Morgan fingerprint density at radius 3 is 2.36 bits per heavy atom. The molecule has 0 radical (unpaired) electrons. The fraction of sp³-hybridized carbons (Fsp3) is 0.667. The van der Waals surface area contributed by atoms with Crippen molar-refractivity contribution in [2.75, 3.05) is 0 Å². The van der Waals surface area contributed by atoms with Crippen molar-refractivity contribution in [3.05, 3.63) is 35.4 Å². The summed E-state index contributed by atoms with van der Waals surface area (Å²) >= 11 is 0. The topological polar surface area (TPSA) is 137 Å². The summed E-state index contributed by atoms with van der Waals surface area (Å²) in [6.07, 6.45) is 4.30. The maximum atomic E-state index is 14.1. The van der Waals surface area contributed by atoms with E-state index in [1.165, 1.54) is 4.52 Å². The van der Waals surface area contributed by atoms with Crippen molar-refractivity contribution in [3.63, 3.8) is 0 Å². The molecule has 6 rings (SSSR count). The minimum Gasteiger partial charge on any atom is -0.468 e. The Bertz CT molecular complexity index is 1550. The largest absolute Gasteiger partial charge is 0.468 e. The number of nitrogens with one attached hydrogen (secondary N) is 2. The third-order valence-corrected chi connectivity index (χ3v) is 8.69. The fourth-order valence-corrected chi connectivity index (χ4v) is 6.27. The van der Waals surface area contributed by atoms with Crippen LogP contribution in [0.4, 0.5) is 17.6 Å². The molecule has 11 nitrogen and oxygen atoms in total. The normalized spacial score (nSPS) is 21.6. The summed E-state index contributed by atoms with van der Waals surface area (Å²) in [6, 6.07) is 0.701. The maximum Gasteiger partial charge on any atom is 0.289 e. The smallest absolute Gasteiger partial charge is 0.289 e. The van der Waals surface area contributed by atoms with Crippen LogP contribution in [0.15, 0.2) is 23.1 Å². The number of amides is 2. The number of nitrogens with zero attached hydrogens (tertiary/aromatic N) is 5. The standard InChI is InChI=1S/C30H37F4N7O4/c1-28(2,3)44-27-25(39-45-40-27)26(43)38-24(18-6-8-29(31,32)9-7-18)20-15-41-21(36-20)11-19(14-35-41)23(17-4-5-17)37-22(42)10-16-12-30(33,34)13-16/h11,14-18,23-24H,4-10,12-13H2,1-3H3,(H,37,42)(H,38,43)/t23?,24-/m0/s1. The van der Waals surface area contributed by atoms with Crippen molar-refractivity contribution in [2.24, 2.45) is 17.8 Å². The molecule has 3 heterocycles. The molecule has 0 saturated heterocycles. The zero-order valence-corrected chi connectivity index (χ0v) is 25.4. The van der Waals surface area contributed by atoms with E-state index in [0.29, 0.717) is 11.3 Å². The Labute approximate surface area is 256 Å². The lowest BCUT2D eigenvalue weighted by molar-refractivity contribution is -0.134. The molecule has 0 bridgehead atoms. The van der Waals surface area contributed by atoms with Gasteiger partial charge in [0.2, 0.25) is 23.4 Å². The van der Waals surface area contributed by atoms with Gasteiger partial charge in [-0.2, -0.15) is 5.10 Å². The number of imidazole rings is 1. The SMILES string of the molecule is CC(C)(C)Oc1nonc1C(=O)N[C@H](c1cn2ncc(C(NC(=O)CC3CC(F)(F)C3)C3CC3)cc2n1)C1CCC(F)(F)CC1. The lowest BCUT2D eigenvalue weighted by Crippen LogP contribution is -2.39. The van der Waals surface area contributed by atoms with Gasteiger partial charge < -0.3 is 15.4 Å². The molecule has 0 aliphatic heterocycles. The van der Waals surface area contributed by atoms with Crippen molar-refractivity contribution in [1.29, 1.82) is 0 Å². The van der Waals surface area contributed by atoms with Crippen LogP contribution >= 0.6 is 0 Å². The van der Waals surface area contributed by atoms with Gasteiger partial charge in [0.25, 0.3) is 11.8 Å². The molecule has 244 valence electrons. The zero-order valence-electron chi connectivity index (χ0n) is 25.4. The van der Waals surface area contributed by atoms with Crippen LogP contribution in [-0.2, 0) is 4.79 Å². The van der Waals surface area contributed by atoms with Crippen LogP contribution < -0.4 is 15.4 Å². The third-order valence-electron chi connectivity index (χ3n) is 8.69. The number of fused-ring (bicyclic) bond motifs is 1. The third kappa shape index (κ3) is 7.38. The van der Waals surface area contributed by atoms with E-state index in [2.05, 4.69) is 26.0 Å². The molecule has 3 aliphatic carbocycles. The fourth-order valence-electron chi connectivity index (χ4n) is 6.27. The molecule has 15 heteroatoms. The number of hydrogen-bond donors (Lipinski definition) is 2. The molecular weight excluding hydrogens is 598 g/mol. The molecule has 2 atom stereocenters. The average Bonchev–Trinajstić information content (AvgIpc) is 3.52. The first-order valence-corrected chi connectivity index (χ1v) is 15.4. The summed E-state index contributed by atoms with van der Waals surface area (Å²) in [7, 11) is 0. The minimum absolute atomic E-state index is 0.0490. The second kappa shape index (κ2) is 11.5. The average molecular weight is 636 g/mol. The molecule has 1 unspecified atom stereocenters. The number of halogens is 4. The van der Waals surface area contributed by atoms with Crippen LogP contribution in [0.3, 0.4) is 0 Å². The van der Waals surface area contributed by atoms with Crippen LogP contribution in [0, 0.1) is 17.8 Å². The monoisotopic (exact) mass is 635 g/mol. The Kier molecular flexibility index (Phi) is 8.00. The van der Waals surface area contributed by atoms with E-state index in [1.807, 2.05) is 0 Å². The molecule has 3 aromatic rings. The highest BCUT2D eigenvalue weighted by atomic mass is 19.3. The first-order valence-electron chi connectivity index (χ1n) is 15.4. The summed E-state index contributed by atoms with van der Waals surface area (Å²) in [5.74, 6) is -6.94. The zero-order chi connectivity index (χ0) is 32.1. The lowest BCUT2D eigenvalue weighted by atomic mass is 9.79. The van der Waals surface area contributed by atoms with E-state index in [-0.39, 0.29) is 86.2 Å². The number of rotatable bonds is 10. The predicted octanol–water partition coefficient (Wildman–Crippen LogP) is 5.59. The van der Waals surface area contributed by atoms with E-state index in [1.54, 1.807) is 39.2 Å². The molecule has 3 saturated carbocycles. The van der Waals surface area contributed by atoms with Gasteiger partial charge in [-0.3, -0.25) is 9.59 Å². The quantitative estimate of drug-likeness (QED) is 0.275. The van der Waals surface area contributed by atoms with Crippen LogP contribution in [0.1, 0.15) is 112 Å². The first-order chi connectivity index (χ1) is 21.1. The van der Waals surface area contributed by atoms with E-state index in [4.69, 9.17) is 14.3 Å². The Hall–Kier alpha value is -3.78. The molecule has 3 fully saturated rings. The Balaban J connectivity index is 1.23. The van der Waals surface area contributed by atoms with Crippen molar-refractivity contribution < 1.29 is 36.5 Å². The highest BCUT2D eigenvalue weighted by Gasteiger charge is 2.46. The highest BCUT2D eigenvalue weighted by Crippen LogP contribution is 2.45. The molecule has 2 amide bonds. The van der Waals surface area contributed by atoms with Crippen LogP contribution in [0.2, 0.25) is 0 Å². The highest BCUT2D eigenvalue weighted by molar-refractivity contribution is 5.94. The van der Waals surface area contributed by atoms with E-state index < -0.39 is 29.4 Å². The van der Waals surface area contributed by atoms with Gasteiger partial charge in [-0.15, -0.1) is 0 Å². The van der Waals surface area contributed by atoms with Crippen molar-refractivity contribution in [1.82, 2.24) is 35.5 Å². The van der Waals surface area contributed by atoms with E-state index in [0.717, 1.165) is 18.4 Å². The van der Waals surface area contributed by atoms with Gasteiger partial charge >= 0.3 is 0 Å². The summed E-state index contributed by atoms with van der Waals surface area (Å²) < 4.78 is 66.7. The van der Waals surface area contributed by atoms with Gasteiger partial charge in [0, 0.05) is 32.1 Å². The first kappa shape index (κ1) is 31.2. The number of ether oxygens (including phenoxy) is 1. The predicted molar refractivity (Wildman–Crippen MR) is 151 cm³/mol. The van der Waals surface area contributed by atoms with Gasteiger partial charge in [-0.1, -0.05) is 0 Å². The van der Waals surface area contributed by atoms with Crippen LogP contribution in [-0.4, -0.2) is 54.2 Å². The molecule has 2 N–H and O–H groups in total. The van der Waals surface area contributed by atoms with Gasteiger partial charge in [-0.25, -0.2) is 31.7 Å². The Morgan fingerprint density at radius 2 is 1.71 bits per heavy atom. The second-order valence-electron chi connectivity index (χ2n) is 13.8. The lowest BCUT2D eigenvalue weighted by Gasteiger charge is -2.34. The second-order valence-corrected chi connectivity index (χ2v) is 13.8. The van der Waals surface area contributed by atoms with E-state index >= 15 is 0 Å². The van der Waals surface area contributed by atoms with Crippen molar-refractivity contribution in [3.8, 4) is 5.88 Å². The molecule has 0 aromatic carbocycles. The van der Waals surface area contributed by atoms with E-state index in [9.17, 15) is 27.2 Å². The number of alkyl halides is 4. The van der Waals surface area contributed by atoms with Crippen molar-refractivity contribution >= 4 is 17.5 Å². The molecule has 3 aromatic heterocycles. The number of hydrogen-bond acceptors (Lipinski definition) is 8. The minimum atomic E-state index is -2.77. The molecule has 3 aliphatic rings. The number of carbonyl (C=O) groups is 2. The Morgan fingerprint density at radius 1 is 1.02 bits per heavy atom. The summed E-state index contributed by atoms with van der Waals surface area (Å²) in [5, 5.41) is 17.8. The van der Waals surface area contributed by atoms with Crippen LogP contribution in [0.25, 0.3) is 5.65 Å². The summed E-state index contributed by atoms with van der Waals surface area (Å²) in [4.78, 5) is 30.9. The van der Waals surface area contributed by atoms with Gasteiger partial charge in [0.15, 0.2) is 5.65 Å². The summed E-state index contributed by atoms with van der Waals surface area (Å²) in [6.45, 7) is 5.34. The molecule has 45 heavy (non-hydrogen) atoms.